The second-order valence-electron chi connectivity index (χ2n) is 5.09. The standard InChI is InChI=1S/C12H25N3O2/c1-2-10(11(13)15-17)14-8-12(9-16)6-4-3-5-7-12/h10,14,16-17H,2-9H2,1H3,(H2,13,15). The fourth-order valence-corrected chi connectivity index (χ4v) is 2.56. The average molecular weight is 243 g/mol. The quantitative estimate of drug-likeness (QED) is 0.243. The number of aliphatic hydroxyl groups excluding tert-OH is 1. The first-order valence-corrected chi connectivity index (χ1v) is 6.49. The number of nitrogens with zero attached hydrogens (tertiary/aromatic N) is 1. The van der Waals surface area contributed by atoms with Crippen molar-refractivity contribution >= 4 is 5.84 Å². The van der Waals surface area contributed by atoms with Gasteiger partial charge in [0, 0.05) is 18.6 Å². The molecule has 1 aliphatic rings. The maximum atomic E-state index is 9.57. The first-order valence-electron chi connectivity index (χ1n) is 6.49. The van der Waals surface area contributed by atoms with Gasteiger partial charge in [-0.05, 0) is 19.3 Å². The molecule has 0 aliphatic heterocycles. The monoisotopic (exact) mass is 243 g/mol. The first-order chi connectivity index (χ1) is 8.17. The highest BCUT2D eigenvalue weighted by molar-refractivity contribution is 5.85. The second kappa shape index (κ2) is 6.81. The van der Waals surface area contributed by atoms with Crippen LogP contribution in [-0.4, -0.2) is 35.3 Å². The van der Waals surface area contributed by atoms with Crippen LogP contribution in [0.15, 0.2) is 5.16 Å². The van der Waals surface area contributed by atoms with Gasteiger partial charge in [-0.3, -0.25) is 0 Å². The Hall–Kier alpha value is -0.810. The number of nitrogens with two attached hydrogens (primary N) is 1. The SMILES string of the molecule is CCC(NCC1(CO)CCCCC1)C(N)=NO. The Kier molecular flexibility index (Phi) is 5.71. The highest BCUT2D eigenvalue weighted by atomic mass is 16.4. The van der Waals surface area contributed by atoms with Gasteiger partial charge >= 0.3 is 0 Å². The zero-order valence-electron chi connectivity index (χ0n) is 10.7. The van der Waals surface area contributed by atoms with Crippen LogP contribution < -0.4 is 11.1 Å². The zero-order valence-corrected chi connectivity index (χ0v) is 10.7. The number of amidine groups is 1. The van der Waals surface area contributed by atoms with E-state index in [9.17, 15) is 5.11 Å². The molecule has 0 saturated heterocycles. The molecule has 0 aromatic carbocycles. The minimum absolute atomic E-state index is 0.0125. The van der Waals surface area contributed by atoms with Crippen LogP contribution >= 0.6 is 0 Å². The molecule has 5 heteroatoms. The van der Waals surface area contributed by atoms with Crippen LogP contribution in [0.4, 0.5) is 0 Å². The lowest BCUT2D eigenvalue weighted by Crippen LogP contribution is -2.47. The molecule has 1 fully saturated rings. The molecule has 1 saturated carbocycles. The van der Waals surface area contributed by atoms with Crippen molar-refractivity contribution in [1.82, 2.24) is 5.32 Å². The largest absolute Gasteiger partial charge is 0.409 e. The van der Waals surface area contributed by atoms with E-state index in [1.165, 1.54) is 19.3 Å². The summed E-state index contributed by atoms with van der Waals surface area (Å²) in [5.74, 6) is 0.219. The molecule has 0 spiro atoms. The van der Waals surface area contributed by atoms with E-state index in [4.69, 9.17) is 10.9 Å². The molecule has 1 atom stereocenters. The minimum Gasteiger partial charge on any atom is -0.409 e. The summed E-state index contributed by atoms with van der Waals surface area (Å²) in [6.45, 7) is 2.94. The number of rotatable bonds is 6. The van der Waals surface area contributed by atoms with Crippen molar-refractivity contribution in [1.29, 1.82) is 0 Å². The average Bonchev–Trinajstić information content (AvgIpc) is 2.40. The van der Waals surface area contributed by atoms with Gasteiger partial charge in [0.05, 0.1) is 6.04 Å². The Morgan fingerprint density at radius 1 is 1.41 bits per heavy atom. The van der Waals surface area contributed by atoms with E-state index in [0.717, 1.165) is 25.8 Å². The lowest BCUT2D eigenvalue weighted by molar-refractivity contribution is 0.0800. The lowest BCUT2D eigenvalue weighted by atomic mass is 9.74. The van der Waals surface area contributed by atoms with Crippen LogP contribution in [0.1, 0.15) is 45.4 Å². The molecule has 100 valence electrons. The molecule has 0 radical (unpaired) electrons. The molecule has 0 aromatic rings. The number of hydrogen-bond acceptors (Lipinski definition) is 4. The molecule has 17 heavy (non-hydrogen) atoms. The summed E-state index contributed by atoms with van der Waals surface area (Å²) in [6.07, 6.45) is 6.52. The molecular weight excluding hydrogens is 218 g/mol. The maximum absolute atomic E-state index is 9.57. The molecule has 0 heterocycles. The highest BCUT2D eigenvalue weighted by Crippen LogP contribution is 2.35. The Morgan fingerprint density at radius 3 is 2.53 bits per heavy atom. The Labute approximate surface area is 103 Å². The van der Waals surface area contributed by atoms with Gasteiger partial charge < -0.3 is 21.4 Å². The van der Waals surface area contributed by atoms with Crippen molar-refractivity contribution in [3.8, 4) is 0 Å². The topological polar surface area (TPSA) is 90.9 Å². The second-order valence-corrected chi connectivity index (χ2v) is 5.09. The summed E-state index contributed by atoms with van der Waals surface area (Å²) in [6, 6.07) is -0.106. The molecular formula is C12H25N3O2. The van der Waals surface area contributed by atoms with Crippen molar-refractivity contribution in [3.05, 3.63) is 0 Å². The number of hydrogen-bond donors (Lipinski definition) is 4. The van der Waals surface area contributed by atoms with Crippen LogP contribution in [-0.2, 0) is 0 Å². The van der Waals surface area contributed by atoms with E-state index in [1.54, 1.807) is 0 Å². The van der Waals surface area contributed by atoms with Crippen molar-refractivity contribution in [3.63, 3.8) is 0 Å². The maximum Gasteiger partial charge on any atom is 0.156 e. The minimum atomic E-state index is -0.106. The van der Waals surface area contributed by atoms with Crippen LogP contribution in [0.2, 0.25) is 0 Å². The predicted molar refractivity (Wildman–Crippen MR) is 68.1 cm³/mol. The smallest absolute Gasteiger partial charge is 0.156 e. The van der Waals surface area contributed by atoms with Gasteiger partial charge in [0.25, 0.3) is 0 Å². The van der Waals surface area contributed by atoms with Crippen LogP contribution in [0.3, 0.4) is 0 Å². The molecule has 0 amide bonds. The molecule has 1 rings (SSSR count). The van der Waals surface area contributed by atoms with E-state index in [-0.39, 0.29) is 23.9 Å². The van der Waals surface area contributed by atoms with Crippen LogP contribution in [0.25, 0.3) is 0 Å². The Balaban J connectivity index is 2.51. The summed E-state index contributed by atoms with van der Waals surface area (Å²) >= 11 is 0. The van der Waals surface area contributed by atoms with Gasteiger partial charge in [0.15, 0.2) is 5.84 Å². The number of aliphatic hydroxyl groups is 1. The fourth-order valence-electron chi connectivity index (χ4n) is 2.56. The Morgan fingerprint density at radius 2 is 2.06 bits per heavy atom. The van der Waals surface area contributed by atoms with Crippen molar-refractivity contribution in [2.24, 2.45) is 16.3 Å². The lowest BCUT2D eigenvalue weighted by Gasteiger charge is -2.36. The van der Waals surface area contributed by atoms with Crippen molar-refractivity contribution < 1.29 is 10.3 Å². The summed E-state index contributed by atoms with van der Waals surface area (Å²) in [7, 11) is 0. The molecule has 0 aromatic heterocycles. The number of nitrogens with one attached hydrogen (secondary N) is 1. The summed E-state index contributed by atoms with van der Waals surface area (Å²) in [5.41, 5.74) is 5.59. The molecule has 1 aliphatic carbocycles. The van der Waals surface area contributed by atoms with Crippen molar-refractivity contribution in [2.75, 3.05) is 13.2 Å². The van der Waals surface area contributed by atoms with Gasteiger partial charge in [-0.2, -0.15) is 0 Å². The van der Waals surface area contributed by atoms with Crippen molar-refractivity contribution in [2.45, 2.75) is 51.5 Å². The zero-order chi connectivity index (χ0) is 12.7. The molecule has 1 unspecified atom stereocenters. The molecule has 5 N–H and O–H groups in total. The highest BCUT2D eigenvalue weighted by Gasteiger charge is 2.31. The van der Waals surface area contributed by atoms with Crippen LogP contribution in [0, 0.1) is 5.41 Å². The summed E-state index contributed by atoms with van der Waals surface area (Å²) in [5, 5.41) is 24.6. The van der Waals surface area contributed by atoms with E-state index < -0.39 is 0 Å². The van der Waals surface area contributed by atoms with E-state index in [0.29, 0.717) is 0 Å². The van der Waals surface area contributed by atoms with E-state index >= 15 is 0 Å². The summed E-state index contributed by atoms with van der Waals surface area (Å²) in [4.78, 5) is 0. The number of oxime groups is 1. The van der Waals surface area contributed by atoms with Gasteiger partial charge in [-0.15, -0.1) is 0 Å². The van der Waals surface area contributed by atoms with Gasteiger partial charge in [0.1, 0.15) is 0 Å². The molecule has 0 bridgehead atoms. The van der Waals surface area contributed by atoms with E-state index in [1.807, 2.05) is 6.92 Å². The molecule has 5 nitrogen and oxygen atoms in total. The third kappa shape index (κ3) is 3.85. The predicted octanol–water partition coefficient (Wildman–Crippen LogP) is 1.04. The van der Waals surface area contributed by atoms with E-state index in [2.05, 4.69) is 10.5 Å². The Bertz CT molecular complexity index is 250. The van der Waals surface area contributed by atoms with Gasteiger partial charge in [-0.1, -0.05) is 31.3 Å². The van der Waals surface area contributed by atoms with Gasteiger partial charge in [0.2, 0.25) is 0 Å². The summed E-state index contributed by atoms with van der Waals surface area (Å²) < 4.78 is 0. The fraction of sp³-hybridized carbons (Fsp3) is 0.917. The van der Waals surface area contributed by atoms with Gasteiger partial charge in [-0.25, -0.2) is 0 Å². The third-order valence-corrected chi connectivity index (χ3v) is 3.85. The first kappa shape index (κ1) is 14.3. The normalized spacial score (nSPS) is 22.4. The van der Waals surface area contributed by atoms with Crippen LogP contribution in [0.5, 0.6) is 0 Å². The third-order valence-electron chi connectivity index (χ3n) is 3.85.